The molecule has 0 bridgehead atoms. The van der Waals surface area contributed by atoms with Gasteiger partial charge in [-0.1, -0.05) is 34.6 Å². The van der Waals surface area contributed by atoms with Crippen LogP contribution >= 0.6 is 0 Å². The highest BCUT2D eigenvalue weighted by Crippen LogP contribution is 2.19. The molecule has 4 heteroatoms. The van der Waals surface area contributed by atoms with Gasteiger partial charge in [-0.25, -0.2) is 9.97 Å². The van der Waals surface area contributed by atoms with Crippen LogP contribution in [0.4, 0.5) is 5.95 Å². The van der Waals surface area contributed by atoms with E-state index in [9.17, 15) is 0 Å². The highest BCUT2D eigenvalue weighted by molar-refractivity contribution is 5.34. The van der Waals surface area contributed by atoms with Crippen LogP contribution in [0.25, 0.3) is 0 Å². The predicted octanol–water partition coefficient (Wildman–Crippen LogP) is 3.55. The average molecular weight is 292 g/mol. The van der Waals surface area contributed by atoms with E-state index in [4.69, 9.17) is 4.98 Å². The van der Waals surface area contributed by atoms with Gasteiger partial charge in [0.15, 0.2) is 0 Å². The zero-order valence-corrected chi connectivity index (χ0v) is 14.6. The van der Waals surface area contributed by atoms with Crippen molar-refractivity contribution >= 4 is 5.95 Å². The van der Waals surface area contributed by atoms with E-state index in [2.05, 4.69) is 56.7 Å². The first-order valence-corrected chi connectivity index (χ1v) is 8.33. The van der Waals surface area contributed by atoms with E-state index in [-0.39, 0.29) is 0 Å². The Labute approximate surface area is 130 Å². The summed E-state index contributed by atoms with van der Waals surface area (Å²) in [4.78, 5) is 11.8. The van der Waals surface area contributed by atoms with Crippen LogP contribution in [0.5, 0.6) is 0 Å². The van der Waals surface area contributed by atoms with Crippen LogP contribution in [-0.2, 0) is 6.54 Å². The standard InChI is InChI=1S/C17H32N4/c1-7-16(8-2)21(12-13(4)5)17-19-11-15(10-18-9-3)14(6)20-17/h11,13,16,18H,7-10,12H2,1-6H3. The lowest BCUT2D eigenvalue weighted by Crippen LogP contribution is -2.38. The number of rotatable bonds is 9. The second kappa shape index (κ2) is 8.98. The van der Waals surface area contributed by atoms with Crippen molar-refractivity contribution in [1.82, 2.24) is 15.3 Å². The first kappa shape index (κ1) is 17.9. The molecule has 0 fully saturated rings. The molecule has 0 saturated heterocycles. The molecule has 0 atom stereocenters. The van der Waals surface area contributed by atoms with Crippen LogP contribution < -0.4 is 10.2 Å². The first-order valence-electron chi connectivity index (χ1n) is 8.33. The summed E-state index contributed by atoms with van der Waals surface area (Å²) < 4.78 is 0. The van der Waals surface area contributed by atoms with Gasteiger partial charge in [-0.2, -0.15) is 0 Å². The topological polar surface area (TPSA) is 41.1 Å². The number of aryl methyl sites for hydroxylation is 1. The number of hydrogen-bond acceptors (Lipinski definition) is 4. The van der Waals surface area contributed by atoms with E-state index in [1.54, 1.807) is 0 Å². The summed E-state index contributed by atoms with van der Waals surface area (Å²) in [6.07, 6.45) is 4.24. The molecule has 1 N–H and O–H groups in total. The lowest BCUT2D eigenvalue weighted by Gasteiger charge is -2.32. The molecule has 0 unspecified atom stereocenters. The molecule has 0 spiro atoms. The molecular weight excluding hydrogens is 260 g/mol. The molecule has 0 aliphatic carbocycles. The summed E-state index contributed by atoms with van der Waals surface area (Å²) in [5, 5.41) is 3.34. The lowest BCUT2D eigenvalue weighted by atomic mass is 10.1. The molecule has 21 heavy (non-hydrogen) atoms. The molecule has 0 amide bonds. The third-order valence-corrected chi connectivity index (χ3v) is 3.84. The highest BCUT2D eigenvalue weighted by atomic mass is 15.3. The third kappa shape index (κ3) is 5.27. The quantitative estimate of drug-likeness (QED) is 0.756. The van der Waals surface area contributed by atoms with Crippen LogP contribution in [-0.4, -0.2) is 29.1 Å². The summed E-state index contributed by atoms with van der Waals surface area (Å²) in [7, 11) is 0. The van der Waals surface area contributed by atoms with Gasteiger partial charge in [-0.05, 0) is 32.2 Å². The number of aromatic nitrogens is 2. The van der Waals surface area contributed by atoms with Crippen LogP contribution in [0.1, 0.15) is 58.7 Å². The van der Waals surface area contributed by atoms with Crippen LogP contribution in [0.3, 0.4) is 0 Å². The molecule has 0 aliphatic rings. The maximum absolute atomic E-state index is 4.77. The second-order valence-electron chi connectivity index (χ2n) is 6.08. The minimum Gasteiger partial charge on any atom is -0.338 e. The van der Waals surface area contributed by atoms with Gasteiger partial charge in [0.05, 0.1) is 0 Å². The fourth-order valence-corrected chi connectivity index (χ4v) is 2.57. The summed E-state index contributed by atoms with van der Waals surface area (Å²) in [6.45, 7) is 16.0. The molecule has 0 aromatic carbocycles. The molecule has 4 nitrogen and oxygen atoms in total. The van der Waals surface area contributed by atoms with Crippen molar-refractivity contribution in [2.45, 2.75) is 67.0 Å². The first-order chi connectivity index (χ1) is 10.0. The monoisotopic (exact) mass is 292 g/mol. The van der Waals surface area contributed by atoms with Crippen molar-refractivity contribution in [1.29, 1.82) is 0 Å². The van der Waals surface area contributed by atoms with Crippen LogP contribution in [0, 0.1) is 12.8 Å². The summed E-state index contributed by atoms with van der Waals surface area (Å²) in [5.41, 5.74) is 2.27. The maximum Gasteiger partial charge on any atom is 0.225 e. The Morgan fingerprint density at radius 1 is 1.19 bits per heavy atom. The summed E-state index contributed by atoms with van der Waals surface area (Å²) in [5.74, 6) is 1.49. The van der Waals surface area contributed by atoms with E-state index in [1.165, 1.54) is 5.56 Å². The molecule has 1 rings (SSSR count). The summed E-state index contributed by atoms with van der Waals surface area (Å²) >= 11 is 0. The predicted molar refractivity (Wildman–Crippen MR) is 90.7 cm³/mol. The van der Waals surface area contributed by atoms with Crippen LogP contribution in [0.15, 0.2) is 6.20 Å². The Morgan fingerprint density at radius 3 is 2.33 bits per heavy atom. The Bertz CT molecular complexity index is 413. The van der Waals surface area contributed by atoms with Gasteiger partial charge in [0.2, 0.25) is 5.95 Å². The van der Waals surface area contributed by atoms with Gasteiger partial charge < -0.3 is 10.2 Å². The Balaban J connectivity index is 2.99. The van der Waals surface area contributed by atoms with Gasteiger partial charge in [0.25, 0.3) is 0 Å². The Hall–Kier alpha value is -1.16. The molecule has 0 aliphatic heterocycles. The fraction of sp³-hybridized carbons (Fsp3) is 0.765. The molecular formula is C17H32N4. The van der Waals surface area contributed by atoms with Gasteiger partial charge in [-0.3, -0.25) is 0 Å². The van der Waals surface area contributed by atoms with Gasteiger partial charge in [0, 0.05) is 36.6 Å². The average Bonchev–Trinajstić information content (AvgIpc) is 2.45. The van der Waals surface area contributed by atoms with E-state index in [1.807, 2.05) is 6.20 Å². The second-order valence-corrected chi connectivity index (χ2v) is 6.08. The highest BCUT2D eigenvalue weighted by Gasteiger charge is 2.19. The van der Waals surface area contributed by atoms with Crippen molar-refractivity contribution in [3.05, 3.63) is 17.5 Å². The van der Waals surface area contributed by atoms with E-state index in [0.29, 0.717) is 12.0 Å². The molecule has 1 heterocycles. The minimum absolute atomic E-state index is 0.520. The smallest absolute Gasteiger partial charge is 0.225 e. The maximum atomic E-state index is 4.77. The molecule has 1 aromatic heterocycles. The zero-order chi connectivity index (χ0) is 15.8. The SMILES string of the molecule is CCNCc1cnc(N(CC(C)C)C(CC)CC)nc1C. The minimum atomic E-state index is 0.520. The Kier molecular flexibility index (Phi) is 7.65. The largest absolute Gasteiger partial charge is 0.338 e. The van der Waals surface area contributed by atoms with Gasteiger partial charge >= 0.3 is 0 Å². The number of nitrogens with one attached hydrogen (secondary N) is 1. The van der Waals surface area contributed by atoms with Crippen molar-refractivity contribution in [3.63, 3.8) is 0 Å². The number of anilines is 1. The molecule has 120 valence electrons. The number of hydrogen-bond donors (Lipinski definition) is 1. The normalized spacial score (nSPS) is 11.4. The van der Waals surface area contributed by atoms with Crippen molar-refractivity contribution < 1.29 is 0 Å². The summed E-state index contributed by atoms with van der Waals surface area (Å²) in [6, 6.07) is 0.520. The van der Waals surface area contributed by atoms with E-state index < -0.39 is 0 Å². The van der Waals surface area contributed by atoms with E-state index in [0.717, 1.165) is 44.1 Å². The van der Waals surface area contributed by atoms with E-state index >= 15 is 0 Å². The molecule has 0 saturated carbocycles. The molecule has 1 aromatic rings. The lowest BCUT2D eigenvalue weighted by molar-refractivity contribution is 0.497. The van der Waals surface area contributed by atoms with Crippen molar-refractivity contribution in [2.24, 2.45) is 5.92 Å². The number of nitrogens with zero attached hydrogens (tertiary/aromatic N) is 3. The fourth-order valence-electron chi connectivity index (χ4n) is 2.57. The Morgan fingerprint density at radius 2 is 1.86 bits per heavy atom. The zero-order valence-electron chi connectivity index (χ0n) is 14.6. The van der Waals surface area contributed by atoms with Crippen LogP contribution in [0.2, 0.25) is 0 Å². The van der Waals surface area contributed by atoms with Crippen molar-refractivity contribution in [2.75, 3.05) is 18.0 Å². The van der Waals surface area contributed by atoms with Gasteiger partial charge in [-0.15, -0.1) is 0 Å². The van der Waals surface area contributed by atoms with Crippen molar-refractivity contribution in [3.8, 4) is 0 Å². The third-order valence-electron chi connectivity index (χ3n) is 3.84. The molecule has 0 radical (unpaired) electrons. The van der Waals surface area contributed by atoms with Gasteiger partial charge in [0.1, 0.15) is 0 Å².